The molecule has 8 nitrogen and oxygen atoms in total. The highest BCUT2D eigenvalue weighted by Gasteiger charge is 2.24. The van der Waals surface area contributed by atoms with E-state index in [9.17, 15) is 9.59 Å². The van der Waals surface area contributed by atoms with Crippen LogP contribution in [0, 0.1) is 0 Å². The molecule has 0 radical (unpaired) electrons. The Morgan fingerprint density at radius 3 is 2.95 bits per heavy atom. The third kappa shape index (κ3) is 4.03. The molecule has 1 fully saturated rings. The molecule has 1 aromatic rings. The van der Waals surface area contributed by atoms with Crippen LogP contribution in [0.1, 0.15) is 29.8 Å². The van der Waals surface area contributed by atoms with Gasteiger partial charge in [-0.2, -0.15) is 0 Å². The molecule has 2 rings (SSSR count). The summed E-state index contributed by atoms with van der Waals surface area (Å²) >= 11 is 3.14. The van der Waals surface area contributed by atoms with Gasteiger partial charge in [-0.05, 0) is 35.2 Å². The fourth-order valence-corrected chi connectivity index (χ4v) is 2.51. The van der Waals surface area contributed by atoms with Crippen LogP contribution in [0.15, 0.2) is 10.8 Å². The zero-order valence-electron chi connectivity index (χ0n) is 11.3. The number of carboxylic acid groups (broad SMARTS) is 1. The number of rotatable bonds is 2. The topological polar surface area (TPSA) is 121 Å². The predicted molar refractivity (Wildman–Crippen MR) is 78.8 cm³/mol. The Bertz CT molecular complexity index is 554. The number of anilines is 1. The fraction of sp³-hybridized carbons (Fsp3) is 0.500. The summed E-state index contributed by atoms with van der Waals surface area (Å²) in [6.45, 7) is 0.753. The molecule has 0 aromatic carbocycles. The predicted octanol–water partition coefficient (Wildman–Crippen LogP) is 1.08. The van der Waals surface area contributed by atoms with Crippen molar-refractivity contribution in [3.63, 3.8) is 0 Å². The molecule has 1 aliphatic rings. The van der Waals surface area contributed by atoms with Crippen LogP contribution >= 0.6 is 15.9 Å². The van der Waals surface area contributed by atoms with Crippen LogP contribution in [0.5, 0.6) is 0 Å². The molecule has 21 heavy (non-hydrogen) atoms. The van der Waals surface area contributed by atoms with E-state index in [1.807, 2.05) is 0 Å². The molecular formula is C12H16BrN5O3. The first-order valence-corrected chi connectivity index (χ1v) is 7.33. The molecule has 1 atom stereocenters. The van der Waals surface area contributed by atoms with Crippen molar-refractivity contribution in [1.82, 2.24) is 20.2 Å². The molecular weight excluding hydrogens is 342 g/mol. The summed E-state index contributed by atoms with van der Waals surface area (Å²) in [6, 6.07) is -0.253. The first-order chi connectivity index (χ1) is 9.97. The lowest BCUT2D eigenvalue weighted by Gasteiger charge is -2.22. The van der Waals surface area contributed by atoms with Gasteiger partial charge in [0, 0.05) is 19.1 Å². The largest absolute Gasteiger partial charge is 0.465 e. The highest BCUT2D eigenvalue weighted by molar-refractivity contribution is 9.10. The second-order valence-electron chi connectivity index (χ2n) is 4.82. The van der Waals surface area contributed by atoms with Gasteiger partial charge < -0.3 is 21.1 Å². The number of halogens is 1. The number of carbonyl (C=O) groups is 2. The Labute approximate surface area is 129 Å². The van der Waals surface area contributed by atoms with Crippen LogP contribution in [0.3, 0.4) is 0 Å². The van der Waals surface area contributed by atoms with E-state index < -0.39 is 12.0 Å². The number of likely N-dealkylation sites (tertiary alicyclic amines) is 1. The highest BCUT2D eigenvalue weighted by atomic mass is 79.9. The van der Waals surface area contributed by atoms with E-state index in [1.165, 1.54) is 11.1 Å². The summed E-state index contributed by atoms with van der Waals surface area (Å²) in [4.78, 5) is 32.4. The van der Waals surface area contributed by atoms with Gasteiger partial charge in [-0.1, -0.05) is 0 Å². The third-order valence-corrected chi connectivity index (χ3v) is 3.65. The summed E-state index contributed by atoms with van der Waals surface area (Å²) in [5.74, 6) is -0.405. The first kappa shape index (κ1) is 15.5. The van der Waals surface area contributed by atoms with E-state index in [0.717, 1.165) is 19.3 Å². The number of hydrogen-bond acceptors (Lipinski definition) is 5. The van der Waals surface area contributed by atoms with E-state index >= 15 is 0 Å². The van der Waals surface area contributed by atoms with Crippen LogP contribution < -0.4 is 11.1 Å². The van der Waals surface area contributed by atoms with Gasteiger partial charge >= 0.3 is 6.09 Å². The van der Waals surface area contributed by atoms with Gasteiger partial charge in [0.1, 0.15) is 4.60 Å². The van der Waals surface area contributed by atoms with Gasteiger partial charge in [0.15, 0.2) is 11.5 Å². The third-order valence-electron chi connectivity index (χ3n) is 3.26. The van der Waals surface area contributed by atoms with Crippen molar-refractivity contribution in [3.05, 3.63) is 16.5 Å². The molecule has 114 valence electrons. The average Bonchev–Trinajstić information content (AvgIpc) is 2.67. The maximum Gasteiger partial charge on any atom is 0.407 e. The lowest BCUT2D eigenvalue weighted by atomic mass is 10.1. The van der Waals surface area contributed by atoms with Gasteiger partial charge in [-0.25, -0.2) is 14.8 Å². The fourth-order valence-electron chi connectivity index (χ4n) is 2.23. The van der Waals surface area contributed by atoms with Crippen molar-refractivity contribution in [2.75, 3.05) is 18.8 Å². The number of aromatic nitrogens is 2. The Morgan fingerprint density at radius 2 is 2.24 bits per heavy atom. The van der Waals surface area contributed by atoms with E-state index in [4.69, 9.17) is 10.8 Å². The molecule has 0 spiro atoms. The minimum atomic E-state index is -0.974. The quantitative estimate of drug-likeness (QED) is 0.727. The normalized spacial score (nSPS) is 18.9. The molecule has 2 amide bonds. The standard InChI is InChI=1S/C12H16BrN5O3/c13-8-5-15-10(14)9(17-8)11(19)16-7-3-1-2-4-18(6-7)12(20)21/h5,7H,1-4,6H2,(H2,14,15)(H,16,19)(H,20,21)/t7-/m0/s1. The van der Waals surface area contributed by atoms with Gasteiger partial charge in [-0.15, -0.1) is 0 Å². The maximum absolute atomic E-state index is 12.2. The van der Waals surface area contributed by atoms with Gasteiger partial charge in [-0.3, -0.25) is 4.79 Å². The van der Waals surface area contributed by atoms with Crippen molar-refractivity contribution in [2.45, 2.75) is 25.3 Å². The van der Waals surface area contributed by atoms with Crippen molar-refractivity contribution < 1.29 is 14.7 Å². The lowest BCUT2D eigenvalue weighted by Crippen LogP contribution is -2.44. The number of hydrogen-bond donors (Lipinski definition) is 3. The van der Waals surface area contributed by atoms with Crippen LogP contribution in [0.2, 0.25) is 0 Å². The average molecular weight is 358 g/mol. The SMILES string of the molecule is Nc1ncc(Br)nc1C(=O)N[C@H]1CCCCN(C(=O)O)C1. The minimum Gasteiger partial charge on any atom is -0.465 e. The smallest absolute Gasteiger partial charge is 0.407 e. The number of nitrogens with zero attached hydrogens (tertiary/aromatic N) is 3. The van der Waals surface area contributed by atoms with Crippen molar-refractivity contribution in [2.24, 2.45) is 0 Å². The molecule has 0 unspecified atom stereocenters. The van der Waals surface area contributed by atoms with Crippen LogP contribution in [-0.4, -0.2) is 51.1 Å². The van der Waals surface area contributed by atoms with E-state index in [0.29, 0.717) is 11.1 Å². The zero-order valence-corrected chi connectivity index (χ0v) is 12.8. The Morgan fingerprint density at radius 1 is 1.48 bits per heavy atom. The molecule has 0 aliphatic carbocycles. The van der Waals surface area contributed by atoms with E-state index in [-0.39, 0.29) is 24.1 Å². The number of nitrogens with two attached hydrogens (primary N) is 1. The summed E-state index contributed by atoms with van der Waals surface area (Å²) in [5, 5.41) is 11.9. The summed E-state index contributed by atoms with van der Waals surface area (Å²) in [7, 11) is 0. The monoisotopic (exact) mass is 357 g/mol. The minimum absolute atomic E-state index is 0.0375. The van der Waals surface area contributed by atoms with Crippen molar-refractivity contribution in [1.29, 1.82) is 0 Å². The molecule has 2 heterocycles. The number of nitrogen functional groups attached to an aromatic ring is 1. The number of carbonyl (C=O) groups excluding carboxylic acids is 1. The first-order valence-electron chi connectivity index (χ1n) is 6.54. The lowest BCUT2D eigenvalue weighted by molar-refractivity contribution is 0.0916. The summed E-state index contributed by atoms with van der Waals surface area (Å²) in [5.41, 5.74) is 5.68. The summed E-state index contributed by atoms with van der Waals surface area (Å²) in [6.07, 6.45) is 2.80. The van der Waals surface area contributed by atoms with Crippen LogP contribution in [0.4, 0.5) is 10.6 Å². The zero-order chi connectivity index (χ0) is 15.4. The van der Waals surface area contributed by atoms with Crippen LogP contribution in [0.25, 0.3) is 0 Å². The highest BCUT2D eigenvalue weighted by Crippen LogP contribution is 2.14. The second kappa shape index (κ2) is 6.70. The second-order valence-corrected chi connectivity index (χ2v) is 5.63. The Balaban J connectivity index is 2.07. The summed E-state index contributed by atoms with van der Waals surface area (Å²) < 4.78 is 0.412. The van der Waals surface area contributed by atoms with Crippen molar-refractivity contribution >= 4 is 33.7 Å². The van der Waals surface area contributed by atoms with Gasteiger partial charge in [0.2, 0.25) is 0 Å². The number of amides is 2. The van der Waals surface area contributed by atoms with Gasteiger partial charge in [0.25, 0.3) is 5.91 Å². The Hall–Kier alpha value is -1.90. The molecule has 0 bridgehead atoms. The molecule has 4 N–H and O–H groups in total. The number of nitrogens with one attached hydrogen (secondary N) is 1. The molecule has 0 saturated carbocycles. The Kier molecular flexibility index (Phi) is 4.94. The van der Waals surface area contributed by atoms with E-state index in [2.05, 4.69) is 31.2 Å². The van der Waals surface area contributed by atoms with E-state index in [1.54, 1.807) is 0 Å². The molecule has 1 aliphatic heterocycles. The van der Waals surface area contributed by atoms with Crippen molar-refractivity contribution in [3.8, 4) is 0 Å². The molecule has 9 heteroatoms. The maximum atomic E-state index is 12.2. The molecule has 1 aromatic heterocycles. The van der Waals surface area contributed by atoms with Crippen LogP contribution in [-0.2, 0) is 0 Å². The molecule has 1 saturated heterocycles. The van der Waals surface area contributed by atoms with Gasteiger partial charge in [0.05, 0.1) is 6.20 Å².